The van der Waals surface area contributed by atoms with E-state index >= 15 is 0 Å². The maximum atomic E-state index is 12.9. The van der Waals surface area contributed by atoms with Crippen molar-refractivity contribution >= 4 is 29.1 Å². The topological polar surface area (TPSA) is 77.6 Å². The summed E-state index contributed by atoms with van der Waals surface area (Å²) in [7, 11) is 0. The summed E-state index contributed by atoms with van der Waals surface area (Å²) < 4.78 is 0. The smallest absolute Gasteiger partial charge is 0.346 e. The fraction of sp³-hybridized carbons (Fsp3) is 0.261. The van der Waals surface area contributed by atoms with Gasteiger partial charge in [0.25, 0.3) is 5.91 Å². The third kappa shape index (κ3) is 3.53. The summed E-state index contributed by atoms with van der Waals surface area (Å²) in [6, 6.07) is 15.5. The van der Waals surface area contributed by atoms with Crippen LogP contribution >= 0.6 is 0 Å². The van der Waals surface area contributed by atoms with Crippen LogP contribution in [-0.2, 0) is 17.6 Å². The molecular weight excluding hydrogens is 364 g/mol. The van der Waals surface area contributed by atoms with E-state index in [9.17, 15) is 9.59 Å². The molecule has 0 bridgehead atoms. The van der Waals surface area contributed by atoms with E-state index < -0.39 is 11.6 Å². The molecule has 0 unspecified atom stereocenters. The highest BCUT2D eigenvalue weighted by Gasteiger charge is 2.47. The number of hydrazone groups is 1. The number of fused-ring (bicyclic) bond motifs is 1. The molecule has 6 heteroatoms. The molecule has 1 aromatic heterocycles. The van der Waals surface area contributed by atoms with Crippen molar-refractivity contribution in [3.63, 3.8) is 0 Å². The third-order valence-electron chi connectivity index (χ3n) is 5.52. The van der Waals surface area contributed by atoms with Crippen molar-refractivity contribution in [2.75, 3.05) is 0 Å². The van der Waals surface area contributed by atoms with Gasteiger partial charge in [0.05, 0.1) is 6.21 Å². The lowest BCUT2D eigenvalue weighted by Crippen LogP contribution is -2.44. The molecule has 0 saturated carbocycles. The Labute approximate surface area is 169 Å². The molecule has 0 aliphatic carbocycles. The quantitative estimate of drug-likeness (QED) is 0.494. The molecule has 1 saturated heterocycles. The predicted octanol–water partition coefficient (Wildman–Crippen LogP) is 4.01. The molecule has 148 valence electrons. The maximum absolute atomic E-state index is 12.9. The number of carbonyl (C=O) groups is 2. The van der Waals surface area contributed by atoms with Gasteiger partial charge in [-0.1, -0.05) is 55.5 Å². The van der Waals surface area contributed by atoms with E-state index in [4.69, 9.17) is 0 Å². The minimum atomic E-state index is -0.958. The Morgan fingerprint density at radius 1 is 1.10 bits per heavy atom. The Hall–Kier alpha value is -3.41. The van der Waals surface area contributed by atoms with Gasteiger partial charge in [0, 0.05) is 22.7 Å². The van der Waals surface area contributed by atoms with Gasteiger partial charge < -0.3 is 10.3 Å². The average Bonchev–Trinajstić information content (AvgIpc) is 3.24. The van der Waals surface area contributed by atoms with Crippen LogP contribution in [0.4, 0.5) is 4.79 Å². The normalized spacial score (nSPS) is 19.4. The van der Waals surface area contributed by atoms with Crippen molar-refractivity contribution in [1.29, 1.82) is 0 Å². The number of aromatic amines is 1. The first-order valence-corrected chi connectivity index (χ1v) is 9.85. The summed E-state index contributed by atoms with van der Waals surface area (Å²) >= 11 is 0. The molecule has 0 radical (unpaired) electrons. The van der Waals surface area contributed by atoms with Gasteiger partial charge in [0.15, 0.2) is 0 Å². The molecule has 2 N–H and O–H groups in total. The van der Waals surface area contributed by atoms with E-state index in [0.29, 0.717) is 12.8 Å². The molecule has 1 aliphatic heterocycles. The van der Waals surface area contributed by atoms with E-state index in [1.165, 1.54) is 5.56 Å². The number of aryl methyl sites for hydroxylation is 2. The number of para-hydroxylation sites is 1. The number of hydrogen-bond donors (Lipinski definition) is 2. The SMILES string of the molecule is CCc1cccc2c(/C=N/N3C(=O)N[C@](C)(CCc4ccccc4)C3=O)c[nH]c12. The summed E-state index contributed by atoms with van der Waals surface area (Å²) in [6.07, 6.45) is 5.55. The summed E-state index contributed by atoms with van der Waals surface area (Å²) in [4.78, 5) is 28.6. The summed E-state index contributed by atoms with van der Waals surface area (Å²) in [6.45, 7) is 3.86. The molecule has 6 nitrogen and oxygen atoms in total. The molecule has 29 heavy (non-hydrogen) atoms. The largest absolute Gasteiger partial charge is 0.360 e. The van der Waals surface area contributed by atoms with Crippen molar-refractivity contribution in [1.82, 2.24) is 15.3 Å². The Morgan fingerprint density at radius 3 is 2.66 bits per heavy atom. The molecule has 1 aliphatic rings. The highest BCUT2D eigenvalue weighted by molar-refractivity contribution is 6.08. The Balaban J connectivity index is 1.52. The number of nitrogens with zero attached hydrogens (tertiary/aromatic N) is 2. The number of hydrogen-bond acceptors (Lipinski definition) is 3. The lowest BCUT2D eigenvalue weighted by atomic mass is 9.93. The molecule has 3 aromatic rings. The first-order valence-electron chi connectivity index (χ1n) is 9.85. The maximum Gasteiger partial charge on any atom is 0.346 e. The molecule has 1 fully saturated rings. The number of nitrogens with one attached hydrogen (secondary N) is 2. The zero-order chi connectivity index (χ0) is 20.4. The fourth-order valence-corrected chi connectivity index (χ4v) is 3.74. The Morgan fingerprint density at radius 2 is 1.90 bits per heavy atom. The van der Waals surface area contributed by atoms with Gasteiger partial charge in [-0.2, -0.15) is 5.10 Å². The van der Waals surface area contributed by atoms with Gasteiger partial charge in [-0.25, -0.2) is 4.79 Å². The zero-order valence-corrected chi connectivity index (χ0v) is 16.6. The van der Waals surface area contributed by atoms with Crippen molar-refractivity contribution in [3.05, 3.63) is 71.4 Å². The van der Waals surface area contributed by atoms with Crippen LogP contribution in [0.5, 0.6) is 0 Å². The number of rotatable bonds is 6. The molecule has 1 atom stereocenters. The van der Waals surface area contributed by atoms with Gasteiger partial charge in [-0.15, -0.1) is 5.01 Å². The number of imide groups is 1. The minimum Gasteiger partial charge on any atom is -0.360 e. The van der Waals surface area contributed by atoms with E-state index in [-0.39, 0.29) is 5.91 Å². The van der Waals surface area contributed by atoms with E-state index in [1.807, 2.05) is 48.7 Å². The fourth-order valence-electron chi connectivity index (χ4n) is 3.74. The van der Waals surface area contributed by atoms with E-state index in [2.05, 4.69) is 28.4 Å². The van der Waals surface area contributed by atoms with Crippen molar-refractivity contribution in [2.24, 2.45) is 5.10 Å². The second-order valence-electron chi connectivity index (χ2n) is 7.55. The van der Waals surface area contributed by atoms with E-state index in [0.717, 1.165) is 33.5 Å². The van der Waals surface area contributed by atoms with Crippen molar-refractivity contribution < 1.29 is 9.59 Å². The number of carbonyl (C=O) groups excluding carboxylic acids is 2. The van der Waals surface area contributed by atoms with Crippen LogP contribution in [0.2, 0.25) is 0 Å². The first-order chi connectivity index (χ1) is 14.0. The molecule has 0 spiro atoms. The van der Waals surface area contributed by atoms with Crippen LogP contribution in [0.15, 0.2) is 59.8 Å². The van der Waals surface area contributed by atoms with Crippen LogP contribution in [0, 0.1) is 0 Å². The lowest BCUT2D eigenvalue weighted by Gasteiger charge is -2.20. The summed E-state index contributed by atoms with van der Waals surface area (Å²) in [5, 5.41) is 8.97. The van der Waals surface area contributed by atoms with Crippen LogP contribution in [0.3, 0.4) is 0 Å². The molecule has 3 amide bonds. The second kappa shape index (κ2) is 7.54. The van der Waals surface area contributed by atoms with Gasteiger partial charge >= 0.3 is 6.03 Å². The molecule has 2 aromatic carbocycles. The van der Waals surface area contributed by atoms with Crippen molar-refractivity contribution in [3.8, 4) is 0 Å². The molecular formula is C23H24N4O2. The standard InChI is InChI=1S/C23H24N4O2/c1-3-17-10-7-11-19-18(14-24-20(17)19)15-25-27-21(28)23(2,26-22(27)29)13-12-16-8-5-4-6-9-16/h4-11,14-15,24H,3,12-13H2,1-2H3,(H,26,29)/b25-15+/t23-/m1/s1. The highest BCUT2D eigenvalue weighted by atomic mass is 16.2. The minimum absolute atomic E-state index is 0.330. The lowest BCUT2D eigenvalue weighted by molar-refractivity contribution is -0.130. The Bertz CT molecular complexity index is 1090. The van der Waals surface area contributed by atoms with Gasteiger partial charge in [0.1, 0.15) is 5.54 Å². The highest BCUT2D eigenvalue weighted by Crippen LogP contribution is 2.25. The number of aromatic nitrogens is 1. The molecule has 2 heterocycles. The monoisotopic (exact) mass is 388 g/mol. The first kappa shape index (κ1) is 18.9. The van der Waals surface area contributed by atoms with E-state index in [1.54, 1.807) is 13.1 Å². The average molecular weight is 388 g/mol. The van der Waals surface area contributed by atoms with Gasteiger partial charge in [-0.3, -0.25) is 4.79 Å². The van der Waals surface area contributed by atoms with Crippen LogP contribution in [-0.4, -0.2) is 33.7 Å². The van der Waals surface area contributed by atoms with Crippen LogP contribution < -0.4 is 5.32 Å². The second-order valence-corrected chi connectivity index (χ2v) is 7.55. The predicted molar refractivity (Wildman–Crippen MR) is 114 cm³/mol. The number of benzene rings is 2. The number of urea groups is 1. The van der Waals surface area contributed by atoms with Crippen LogP contribution in [0.1, 0.15) is 37.0 Å². The number of amides is 3. The van der Waals surface area contributed by atoms with Gasteiger partial charge in [0.2, 0.25) is 0 Å². The molecule has 4 rings (SSSR count). The van der Waals surface area contributed by atoms with Crippen LogP contribution in [0.25, 0.3) is 10.9 Å². The Kier molecular flexibility index (Phi) is 4.92. The van der Waals surface area contributed by atoms with Crippen molar-refractivity contribution in [2.45, 2.75) is 38.6 Å². The summed E-state index contributed by atoms with van der Waals surface area (Å²) in [5.41, 5.74) is 3.28. The zero-order valence-electron chi connectivity index (χ0n) is 16.6. The van der Waals surface area contributed by atoms with Gasteiger partial charge in [-0.05, 0) is 37.3 Å². The number of H-pyrrole nitrogens is 1. The summed E-state index contributed by atoms with van der Waals surface area (Å²) in [5.74, 6) is -0.330. The third-order valence-corrected chi connectivity index (χ3v) is 5.52.